The number of pyridine rings is 2. The van der Waals surface area contributed by atoms with E-state index in [1.165, 1.54) is 22.7 Å². The van der Waals surface area contributed by atoms with E-state index >= 15 is 0 Å². The first-order valence-corrected chi connectivity index (χ1v) is 14.8. The van der Waals surface area contributed by atoms with Crippen LogP contribution in [0.15, 0.2) is 21.1 Å². The minimum Gasteiger partial charge on any atom is -0.341 e. The molecule has 4 heterocycles. The normalized spacial score (nSPS) is 10.9. The molecule has 4 aromatic rings. The number of hydrogen-bond donors (Lipinski definition) is 0. The average Bonchev–Trinajstić information content (AvgIpc) is 3.33. The van der Waals surface area contributed by atoms with Crippen LogP contribution in [-0.2, 0) is 0 Å². The fourth-order valence-corrected chi connectivity index (χ4v) is 8.16. The molecule has 10 heteroatoms. The van der Waals surface area contributed by atoms with Crippen LogP contribution in [-0.4, -0.2) is 58.8 Å². The molecule has 192 valence electrons. The second-order valence-electron chi connectivity index (χ2n) is 8.65. The molecule has 0 radical (unpaired) electrons. The summed E-state index contributed by atoms with van der Waals surface area (Å²) >= 11 is 10.0. The third kappa shape index (κ3) is 5.66. The van der Waals surface area contributed by atoms with Gasteiger partial charge in [-0.15, -0.1) is 22.7 Å². The summed E-state index contributed by atoms with van der Waals surface area (Å²) in [5.41, 5.74) is 4.27. The molecule has 0 aromatic carbocycles. The molecule has 6 nitrogen and oxygen atoms in total. The minimum absolute atomic E-state index is 0.0458. The Hall–Kier alpha value is -1.88. The molecule has 0 bridgehead atoms. The topological polar surface area (TPSA) is 66.4 Å². The number of carbonyl (C=O) groups is 2. The molecule has 4 rings (SSSR count). The van der Waals surface area contributed by atoms with Gasteiger partial charge in [0.05, 0.1) is 8.95 Å². The molecular formula is C26H30Br2N4O2S2. The number of nitrogens with zero attached hydrogens (tertiary/aromatic N) is 4. The van der Waals surface area contributed by atoms with E-state index in [9.17, 15) is 9.59 Å². The van der Waals surface area contributed by atoms with Crippen LogP contribution < -0.4 is 0 Å². The summed E-state index contributed by atoms with van der Waals surface area (Å²) in [5.74, 6) is 0.0915. The van der Waals surface area contributed by atoms with Gasteiger partial charge < -0.3 is 9.80 Å². The third-order valence-corrected chi connectivity index (χ3v) is 10.1. The van der Waals surface area contributed by atoms with Crippen molar-refractivity contribution in [2.75, 3.05) is 27.2 Å². The van der Waals surface area contributed by atoms with Gasteiger partial charge in [-0.05, 0) is 96.7 Å². The smallest absolute Gasteiger partial charge is 0.264 e. The summed E-state index contributed by atoms with van der Waals surface area (Å²) in [6.45, 7) is 13.4. The Kier molecular flexibility index (Phi) is 9.30. The zero-order valence-electron chi connectivity index (χ0n) is 21.7. The summed E-state index contributed by atoms with van der Waals surface area (Å²) in [7, 11) is 3.62. The van der Waals surface area contributed by atoms with E-state index in [0.29, 0.717) is 13.1 Å². The SMILES string of the molecule is CCN(C)C(=O)c1sc2nc(C)cc(C)c2c1Br.CCN(C)C(=O)c1sc2nc(C)cc(C)c2c1Br. The van der Waals surface area contributed by atoms with Gasteiger partial charge in [-0.3, -0.25) is 9.59 Å². The molecule has 0 N–H and O–H groups in total. The van der Waals surface area contributed by atoms with Gasteiger partial charge in [0.25, 0.3) is 11.8 Å². The Labute approximate surface area is 237 Å². The first-order chi connectivity index (χ1) is 16.9. The molecule has 0 unspecified atom stereocenters. The molecule has 0 aliphatic carbocycles. The Morgan fingerprint density at radius 1 is 0.750 bits per heavy atom. The van der Waals surface area contributed by atoms with Gasteiger partial charge >= 0.3 is 0 Å². The molecule has 0 aliphatic rings. The number of aromatic nitrogens is 2. The van der Waals surface area contributed by atoms with Crippen molar-refractivity contribution in [3.05, 3.63) is 53.3 Å². The number of carbonyl (C=O) groups excluding carboxylic acids is 2. The second kappa shape index (κ2) is 11.7. The number of hydrogen-bond acceptors (Lipinski definition) is 6. The lowest BCUT2D eigenvalue weighted by Gasteiger charge is -2.13. The van der Waals surface area contributed by atoms with Gasteiger partial charge in [-0.25, -0.2) is 9.97 Å². The Bertz CT molecular complexity index is 1350. The second-order valence-corrected chi connectivity index (χ2v) is 12.2. The molecule has 0 atom stereocenters. The lowest BCUT2D eigenvalue weighted by Crippen LogP contribution is -2.25. The van der Waals surface area contributed by atoms with Gasteiger partial charge in [-0.1, -0.05) is 0 Å². The highest BCUT2D eigenvalue weighted by atomic mass is 79.9. The van der Waals surface area contributed by atoms with Crippen molar-refractivity contribution in [2.45, 2.75) is 41.5 Å². The zero-order valence-corrected chi connectivity index (χ0v) is 26.6. The molecule has 4 aromatic heterocycles. The van der Waals surface area contributed by atoms with E-state index in [2.05, 4.69) is 41.8 Å². The Morgan fingerprint density at radius 3 is 1.39 bits per heavy atom. The van der Waals surface area contributed by atoms with Crippen LogP contribution in [0.25, 0.3) is 20.4 Å². The maximum Gasteiger partial charge on any atom is 0.264 e. The summed E-state index contributed by atoms with van der Waals surface area (Å²) < 4.78 is 1.75. The summed E-state index contributed by atoms with van der Waals surface area (Å²) in [6, 6.07) is 4.08. The highest BCUT2D eigenvalue weighted by Gasteiger charge is 2.22. The van der Waals surface area contributed by atoms with Crippen LogP contribution in [0.5, 0.6) is 0 Å². The molecule has 0 aliphatic heterocycles. The predicted octanol–water partition coefficient (Wildman–Crippen LogP) is 7.54. The van der Waals surface area contributed by atoms with Crippen molar-refractivity contribution in [2.24, 2.45) is 0 Å². The summed E-state index contributed by atoms with van der Waals surface area (Å²) in [4.78, 5) is 40.2. The van der Waals surface area contributed by atoms with Crippen molar-refractivity contribution in [3.8, 4) is 0 Å². The van der Waals surface area contributed by atoms with Gasteiger partial charge in [0, 0.05) is 49.3 Å². The predicted molar refractivity (Wildman–Crippen MR) is 159 cm³/mol. The van der Waals surface area contributed by atoms with Crippen molar-refractivity contribution >= 4 is 86.8 Å². The number of thiophene rings is 2. The van der Waals surface area contributed by atoms with Gasteiger partial charge in [0.1, 0.15) is 19.4 Å². The lowest BCUT2D eigenvalue weighted by molar-refractivity contribution is 0.0799. The van der Waals surface area contributed by atoms with E-state index in [-0.39, 0.29) is 11.8 Å². The maximum atomic E-state index is 12.2. The molecule has 0 fully saturated rings. The van der Waals surface area contributed by atoms with Crippen LogP contribution in [0.2, 0.25) is 0 Å². The number of amides is 2. The molecule has 0 saturated carbocycles. The largest absolute Gasteiger partial charge is 0.341 e. The van der Waals surface area contributed by atoms with Crippen molar-refractivity contribution in [3.63, 3.8) is 0 Å². The van der Waals surface area contributed by atoms with Gasteiger partial charge in [-0.2, -0.15) is 0 Å². The lowest BCUT2D eigenvalue weighted by atomic mass is 10.2. The Morgan fingerprint density at radius 2 is 1.08 bits per heavy atom. The zero-order chi connectivity index (χ0) is 26.9. The maximum absolute atomic E-state index is 12.2. The molecule has 2 amide bonds. The standard InChI is InChI=1S/2C13H15BrN2OS/c2*1-5-16(4)13(17)11-10(14)9-7(2)6-8(3)15-12(9)18-11/h2*6H,5H2,1-4H3. The van der Waals surface area contributed by atoms with Crippen molar-refractivity contribution in [1.82, 2.24) is 19.8 Å². The van der Waals surface area contributed by atoms with Crippen LogP contribution in [0.3, 0.4) is 0 Å². The molecular weight excluding hydrogens is 624 g/mol. The van der Waals surface area contributed by atoms with Crippen LogP contribution in [0, 0.1) is 27.7 Å². The summed E-state index contributed by atoms with van der Waals surface area (Å²) in [6.07, 6.45) is 0. The van der Waals surface area contributed by atoms with E-state index in [4.69, 9.17) is 0 Å². The van der Waals surface area contributed by atoms with Crippen LogP contribution >= 0.6 is 54.5 Å². The average molecular weight is 654 g/mol. The number of halogens is 2. The first-order valence-electron chi connectivity index (χ1n) is 11.5. The van der Waals surface area contributed by atoms with Gasteiger partial charge in [0.2, 0.25) is 0 Å². The monoisotopic (exact) mass is 652 g/mol. The Balaban J connectivity index is 0.000000201. The first kappa shape index (κ1) is 28.7. The minimum atomic E-state index is 0.0458. The van der Waals surface area contributed by atoms with Crippen LogP contribution in [0.1, 0.15) is 55.7 Å². The van der Waals surface area contributed by atoms with E-state index in [0.717, 1.165) is 61.6 Å². The molecule has 36 heavy (non-hydrogen) atoms. The van der Waals surface area contributed by atoms with E-state index in [1.807, 2.05) is 67.8 Å². The summed E-state index contributed by atoms with van der Waals surface area (Å²) in [5, 5.41) is 2.11. The fraction of sp³-hybridized carbons (Fsp3) is 0.385. The van der Waals surface area contributed by atoms with Crippen molar-refractivity contribution < 1.29 is 9.59 Å². The van der Waals surface area contributed by atoms with Gasteiger partial charge in [0.15, 0.2) is 0 Å². The molecule has 0 spiro atoms. The highest BCUT2D eigenvalue weighted by molar-refractivity contribution is 9.11. The fourth-order valence-electron chi connectivity index (χ4n) is 3.71. The van der Waals surface area contributed by atoms with Crippen molar-refractivity contribution in [1.29, 1.82) is 0 Å². The van der Waals surface area contributed by atoms with Crippen LogP contribution in [0.4, 0.5) is 0 Å². The highest BCUT2D eigenvalue weighted by Crippen LogP contribution is 2.38. The van der Waals surface area contributed by atoms with E-state index < -0.39 is 0 Å². The number of aryl methyl sites for hydroxylation is 4. The van der Waals surface area contributed by atoms with E-state index in [1.54, 1.807) is 9.80 Å². The quantitative estimate of drug-likeness (QED) is 0.228. The third-order valence-electron chi connectivity index (χ3n) is 5.89. The number of rotatable bonds is 4. The number of fused-ring (bicyclic) bond motifs is 2. The molecule has 0 saturated heterocycles.